The summed E-state index contributed by atoms with van der Waals surface area (Å²) in [4.78, 5) is 20.7. The number of hydrogen-bond donors (Lipinski definition) is 2. The van der Waals surface area contributed by atoms with Gasteiger partial charge in [0, 0.05) is 11.8 Å². The van der Waals surface area contributed by atoms with Crippen LogP contribution in [0.3, 0.4) is 0 Å². The molecule has 2 N–H and O–H groups in total. The summed E-state index contributed by atoms with van der Waals surface area (Å²) in [5, 5.41) is 10.7. The van der Waals surface area contributed by atoms with E-state index >= 15 is 0 Å². The number of benzene rings is 1. The lowest BCUT2D eigenvalue weighted by Gasteiger charge is -2.04. The van der Waals surface area contributed by atoms with Gasteiger partial charge in [-0.3, -0.25) is 14.4 Å². The van der Waals surface area contributed by atoms with Crippen molar-refractivity contribution in [3.8, 4) is 11.8 Å². The Morgan fingerprint density at radius 3 is 2.43 bits per heavy atom. The first-order valence-corrected chi connectivity index (χ1v) is 9.34. The molecule has 0 aliphatic rings. The maximum atomic E-state index is 12.7. The first-order valence-electron chi connectivity index (χ1n) is 7.90. The van der Waals surface area contributed by atoms with Gasteiger partial charge in [0.05, 0.1) is 23.4 Å². The monoisotopic (exact) mass is 404 g/mol. The minimum absolute atomic E-state index is 0.0444. The molecule has 28 heavy (non-hydrogen) atoms. The molecule has 146 valence electrons. The van der Waals surface area contributed by atoms with Gasteiger partial charge in [0.15, 0.2) is 5.69 Å². The fourth-order valence-corrected chi connectivity index (χ4v) is 2.80. The van der Waals surface area contributed by atoms with Crippen LogP contribution in [-0.2, 0) is 10.1 Å². The molecule has 0 atom stereocenters. The van der Waals surface area contributed by atoms with Crippen LogP contribution >= 0.6 is 0 Å². The summed E-state index contributed by atoms with van der Waals surface area (Å²) in [5.74, 6) is 0.410. The van der Waals surface area contributed by atoms with Gasteiger partial charge in [0.2, 0.25) is 5.88 Å². The van der Waals surface area contributed by atoms with Gasteiger partial charge in [0.1, 0.15) is 0 Å². The predicted molar refractivity (Wildman–Crippen MR) is 98.4 cm³/mol. The van der Waals surface area contributed by atoms with E-state index in [-0.39, 0.29) is 16.5 Å². The van der Waals surface area contributed by atoms with Gasteiger partial charge in [-0.25, -0.2) is 4.98 Å². The standard InChI is InChI=1S/C16H16N6O5S/c1-9-8-13(27-3)18-16(17-9)22-15(23)14(10(2)21-22)20-19-11-4-6-12(7-5-11)28(24,25)26/h4-8,21H,1-3H3,(H,24,25,26). The Kier molecular flexibility index (Phi) is 5.07. The molecule has 1 aromatic carbocycles. The highest BCUT2D eigenvalue weighted by molar-refractivity contribution is 7.85. The second-order valence-electron chi connectivity index (χ2n) is 5.75. The lowest BCUT2D eigenvalue weighted by molar-refractivity contribution is 0.395. The molecule has 0 amide bonds. The molecule has 0 bridgehead atoms. The van der Waals surface area contributed by atoms with Crippen molar-refractivity contribution in [2.45, 2.75) is 18.7 Å². The Morgan fingerprint density at radius 1 is 1.14 bits per heavy atom. The second kappa shape index (κ2) is 7.32. The number of hydrogen-bond acceptors (Lipinski definition) is 8. The van der Waals surface area contributed by atoms with Crippen LogP contribution in [0.2, 0.25) is 0 Å². The number of rotatable bonds is 5. The largest absolute Gasteiger partial charge is 0.481 e. The van der Waals surface area contributed by atoms with Gasteiger partial charge in [-0.05, 0) is 38.1 Å². The van der Waals surface area contributed by atoms with Crippen LogP contribution < -0.4 is 10.3 Å². The molecule has 0 fully saturated rings. The first-order chi connectivity index (χ1) is 13.2. The fraction of sp³-hybridized carbons (Fsp3) is 0.188. The SMILES string of the molecule is COc1cc(C)nc(-n2[nH]c(C)c(N=Nc3ccc(S(=O)(=O)O)cc3)c2=O)n1. The Labute approximate surface area is 159 Å². The lowest BCUT2D eigenvalue weighted by atomic mass is 10.3. The van der Waals surface area contributed by atoms with Gasteiger partial charge in [-0.2, -0.15) is 23.2 Å². The number of azo groups is 1. The van der Waals surface area contributed by atoms with Crippen LogP contribution in [0, 0.1) is 13.8 Å². The minimum atomic E-state index is -4.29. The van der Waals surface area contributed by atoms with Crippen molar-refractivity contribution in [2.24, 2.45) is 10.2 Å². The third kappa shape index (κ3) is 3.97. The average molecular weight is 404 g/mol. The van der Waals surface area contributed by atoms with Crippen LogP contribution in [0.1, 0.15) is 11.4 Å². The fourth-order valence-electron chi connectivity index (χ4n) is 2.32. The van der Waals surface area contributed by atoms with Crippen molar-refractivity contribution in [1.82, 2.24) is 19.7 Å². The first kappa shape index (κ1) is 19.4. The van der Waals surface area contributed by atoms with E-state index in [0.717, 1.165) is 4.68 Å². The predicted octanol–water partition coefficient (Wildman–Crippen LogP) is 2.24. The second-order valence-corrected chi connectivity index (χ2v) is 7.17. The highest BCUT2D eigenvalue weighted by atomic mass is 32.2. The molecule has 2 aromatic heterocycles. The van der Waals surface area contributed by atoms with Crippen molar-refractivity contribution in [3.63, 3.8) is 0 Å². The van der Waals surface area contributed by atoms with Crippen LogP contribution in [0.25, 0.3) is 5.95 Å². The topological polar surface area (TPSA) is 152 Å². The Bertz CT molecular complexity index is 1210. The molecule has 3 rings (SSSR count). The zero-order valence-electron chi connectivity index (χ0n) is 15.1. The van der Waals surface area contributed by atoms with E-state index in [9.17, 15) is 13.2 Å². The van der Waals surface area contributed by atoms with E-state index < -0.39 is 15.7 Å². The number of aromatic nitrogens is 4. The molecule has 0 spiro atoms. The molecule has 2 heterocycles. The number of nitrogens with one attached hydrogen (secondary N) is 1. The third-order valence-electron chi connectivity index (χ3n) is 3.67. The van der Waals surface area contributed by atoms with Crippen LogP contribution in [0.5, 0.6) is 5.88 Å². The summed E-state index contributed by atoms with van der Waals surface area (Å²) < 4.78 is 37.3. The zero-order chi connectivity index (χ0) is 20.5. The van der Waals surface area contributed by atoms with Gasteiger partial charge in [-0.15, -0.1) is 5.11 Å². The summed E-state index contributed by atoms with van der Waals surface area (Å²) >= 11 is 0. The minimum Gasteiger partial charge on any atom is -0.481 e. The quantitative estimate of drug-likeness (QED) is 0.488. The molecule has 0 saturated heterocycles. The highest BCUT2D eigenvalue weighted by Crippen LogP contribution is 2.20. The molecule has 3 aromatic rings. The molecular weight excluding hydrogens is 388 g/mol. The lowest BCUT2D eigenvalue weighted by Crippen LogP contribution is -2.17. The van der Waals surface area contributed by atoms with E-state index in [1.165, 1.54) is 31.4 Å². The number of methoxy groups -OCH3 is 1. The summed E-state index contributed by atoms with van der Waals surface area (Å²) in [6, 6.07) is 6.68. The molecule has 0 unspecified atom stereocenters. The van der Waals surface area contributed by atoms with Crippen molar-refractivity contribution in [3.05, 3.63) is 52.1 Å². The van der Waals surface area contributed by atoms with Gasteiger partial charge in [-0.1, -0.05) is 0 Å². The summed E-state index contributed by atoms with van der Waals surface area (Å²) in [7, 11) is -2.83. The maximum absolute atomic E-state index is 12.7. The summed E-state index contributed by atoms with van der Waals surface area (Å²) in [6.45, 7) is 3.38. The van der Waals surface area contributed by atoms with Crippen LogP contribution in [-0.4, -0.2) is 39.8 Å². The van der Waals surface area contributed by atoms with E-state index in [1.54, 1.807) is 19.9 Å². The highest BCUT2D eigenvalue weighted by Gasteiger charge is 2.15. The molecule has 12 heteroatoms. The van der Waals surface area contributed by atoms with E-state index in [4.69, 9.17) is 9.29 Å². The van der Waals surface area contributed by atoms with Crippen molar-refractivity contribution in [2.75, 3.05) is 7.11 Å². The number of aromatic amines is 1. The van der Waals surface area contributed by atoms with Crippen molar-refractivity contribution in [1.29, 1.82) is 0 Å². The normalized spacial score (nSPS) is 11.9. The number of H-pyrrole nitrogens is 1. The number of nitrogens with zero attached hydrogens (tertiary/aromatic N) is 5. The maximum Gasteiger partial charge on any atom is 0.301 e. The zero-order valence-corrected chi connectivity index (χ0v) is 15.9. The molecule has 0 saturated carbocycles. The molecular formula is C16H16N6O5S. The third-order valence-corrected chi connectivity index (χ3v) is 4.54. The summed E-state index contributed by atoms with van der Waals surface area (Å²) in [6.07, 6.45) is 0. The molecule has 0 aliphatic carbocycles. The van der Waals surface area contributed by atoms with Gasteiger partial charge >= 0.3 is 5.56 Å². The molecule has 0 aliphatic heterocycles. The Morgan fingerprint density at radius 2 is 1.82 bits per heavy atom. The Hall–Kier alpha value is -3.38. The summed E-state index contributed by atoms with van der Waals surface area (Å²) in [5.41, 5.74) is 0.884. The number of ether oxygens (including phenoxy) is 1. The molecule has 0 radical (unpaired) electrons. The van der Waals surface area contributed by atoms with Crippen molar-refractivity contribution < 1.29 is 17.7 Å². The number of aryl methyl sites for hydroxylation is 2. The average Bonchev–Trinajstić information content (AvgIpc) is 2.93. The smallest absolute Gasteiger partial charge is 0.301 e. The van der Waals surface area contributed by atoms with Crippen LogP contribution in [0.15, 0.2) is 50.3 Å². The van der Waals surface area contributed by atoms with Gasteiger partial charge < -0.3 is 4.74 Å². The molecule has 11 nitrogen and oxygen atoms in total. The van der Waals surface area contributed by atoms with Gasteiger partial charge in [0.25, 0.3) is 16.1 Å². The van der Waals surface area contributed by atoms with E-state index in [0.29, 0.717) is 23.0 Å². The van der Waals surface area contributed by atoms with Crippen LogP contribution in [0.4, 0.5) is 11.4 Å². The van der Waals surface area contributed by atoms with E-state index in [2.05, 4.69) is 25.3 Å². The van der Waals surface area contributed by atoms with Crippen molar-refractivity contribution >= 4 is 21.5 Å². The van der Waals surface area contributed by atoms with E-state index in [1.807, 2.05) is 0 Å². The Balaban J connectivity index is 1.96.